The number of benzene rings is 3. The summed E-state index contributed by atoms with van der Waals surface area (Å²) >= 11 is 0. The third-order valence-electron chi connectivity index (χ3n) is 5.46. The summed E-state index contributed by atoms with van der Waals surface area (Å²) in [6, 6.07) is 27.3. The van der Waals surface area contributed by atoms with E-state index in [4.69, 9.17) is 4.74 Å². The third kappa shape index (κ3) is 4.49. The maximum Gasteiger partial charge on any atom is 0.410 e. The highest BCUT2D eigenvalue weighted by Crippen LogP contribution is 2.37. The van der Waals surface area contributed by atoms with Crippen molar-refractivity contribution in [2.75, 3.05) is 6.54 Å². The molecule has 0 spiro atoms. The lowest BCUT2D eigenvalue weighted by Gasteiger charge is -2.32. The number of carbonyl (C=O) groups excluding carboxylic acids is 1. The lowest BCUT2D eigenvalue weighted by Crippen LogP contribution is -2.42. The second-order valence-electron chi connectivity index (χ2n) is 7.57. The van der Waals surface area contributed by atoms with Gasteiger partial charge in [-0.15, -0.1) is 0 Å². The highest BCUT2D eigenvalue weighted by atomic mass is 16.6. The standard InChI is InChI=1S/C25H25NO3/c27-24(29-18-21-11-5-2-6-12-21)26(17-20-9-3-1-4-10-20)19-25(28)16-15-22-13-7-8-14-23(22)25/h1-14,28H,15-19H2. The molecule has 1 amide bonds. The zero-order valence-corrected chi connectivity index (χ0v) is 16.3. The number of aliphatic hydroxyl groups is 1. The topological polar surface area (TPSA) is 49.8 Å². The fraction of sp³-hybridized carbons (Fsp3) is 0.240. The van der Waals surface area contributed by atoms with Crippen molar-refractivity contribution in [2.45, 2.75) is 31.6 Å². The van der Waals surface area contributed by atoms with Crippen molar-refractivity contribution in [3.8, 4) is 0 Å². The number of hydrogen-bond acceptors (Lipinski definition) is 3. The molecule has 0 aromatic heterocycles. The van der Waals surface area contributed by atoms with Gasteiger partial charge >= 0.3 is 6.09 Å². The van der Waals surface area contributed by atoms with Crippen LogP contribution in [0.5, 0.6) is 0 Å². The SMILES string of the molecule is O=C(OCc1ccccc1)N(Cc1ccccc1)CC1(O)CCc2ccccc21. The molecule has 4 rings (SSSR count). The van der Waals surface area contributed by atoms with Crippen molar-refractivity contribution in [1.82, 2.24) is 4.90 Å². The minimum absolute atomic E-state index is 0.201. The molecule has 1 atom stereocenters. The second kappa shape index (κ2) is 8.50. The highest BCUT2D eigenvalue weighted by Gasteiger charge is 2.39. The predicted octanol–water partition coefficient (Wildman–Crippen LogP) is 4.66. The van der Waals surface area contributed by atoms with Crippen molar-refractivity contribution in [2.24, 2.45) is 0 Å². The number of carbonyl (C=O) groups is 1. The number of amides is 1. The molecule has 0 bridgehead atoms. The van der Waals surface area contributed by atoms with Gasteiger partial charge < -0.3 is 14.7 Å². The quantitative estimate of drug-likeness (QED) is 0.669. The summed E-state index contributed by atoms with van der Waals surface area (Å²) in [6.07, 6.45) is 0.990. The summed E-state index contributed by atoms with van der Waals surface area (Å²) in [4.78, 5) is 14.6. The Bertz CT molecular complexity index is 958. The van der Waals surface area contributed by atoms with E-state index in [-0.39, 0.29) is 13.2 Å². The molecule has 4 nitrogen and oxygen atoms in total. The van der Waals surface area contributed by atoms with Crippen LogP contribution >= 0.6 is 0 Å². The van der Waals surface area contributed by atoms with Gasteiger partial charge in [0, 0.05) is 6.54 Å². The molecule has 29 heavy (non-hydrogen) atoms. The lowest BCUT2D eigenvalue weighted by atomic mass is 9.95. The van der Waals surface area contributed by atoms with E-state index in [9.17, 15) is 9.90 Å². The largest absolute Gasteiger partial charge is 0.445 e. The molecule has 0 saturated carbocycles. The molecule has 3 aromatic rings. The van der Waals surface area contributed by atoms with Crippen LogP contribution in [0.1, 0.15) is 28.7 Å². The number of fused-ring (bicyclic) bond motifs is 1. The highest BCUT2D eigenvalue weighted by molar-refractivity contribution is 5.68. The van der Waals surface area contributed by atoms with Crippen molar-refractivity contribution in [1.29, 1.82) is 0 Å². The Kier molecular flexibility index (Phi) is 5.63. The van der Waals surface area contributed by atoms with Crippen molar-refractivity contribution in [3.63, 3.8) is 0 Å². The van der Waals surface area contributed by atoms with Gasteiger partial charge in [0.05, 0.1) is 6.54 Å². The predicted molar refractivity (Wildman–Crippen MR) is 112 cm³/mol. The van der Waals surface area contributed by atoms with E-state index in [1.165, 1.54) is 0 Å². The normalized spacial score (nSPS) is 17.6. The van der Waals surface area contributed by atoms with Crippen molar-refractivity contribution < 1.29 is 14.6 Å². The van der Waals surface area contributed by atoms with Crippen LogP contribution < -0.4 is 0 Å². The smallest absolute Gasteiger partial charge is 0.410 e. The van der Waals surface area contributed by atoms with E-state index < -0.39 is 11.7 Å². The molecule has 1 N–H and O–H groups in total. The summed E-state index contributed by atoms with van der Waals surface area (Å²) in [5.41, 5.74) is 2.93. The summed E-state index contributed by atoms with van der Waals surface area (Å²) in [6.45, 7) is 0.797. The van der Waals surface area contributed by atoms with E-state index in [0.29, 0.717) is 13.0 Å². The van der Waals surface area contributed by atoms with Crippen LogP contribution in [0, 0.1) is 0 Å². The average Bonchev–Trinajstić information content (AvgIpc) is 3.10. The van der Waals surface area contributed by atoms with Crippen LogP contribution in [0.3, 0.4) is 0 Å². The Labute approximate surface area is 171 Å². The fourth-order valence-corrected chi connectivity index (χ4v) is 3.95. The molecule has 0 aliphatic heterocycles. The Morgan fingerprint density at radius 2 is 1.52 bits per heavy atom. The maximum atomic E-state index is 13.0. The summed E-state index contributed by atoms with van der Waals surface area (Å²) < 4.78 is 5.58. The Balaban J connectivity index is 1.53. The first kappa shape index (κ1) is 19.2. The number of nitrogens with zero attached hydrogens (tertiary/aromatic N) is 1. The van der Waals surface area contributed by atoms with E-state index in [1.807, 2.05) is 84.9 Å². The number of rotatable bonds is 6. The van der Waals surface area contributed by atoms with Gasteiger partial charge in [-0.05, 0) is 35.1 Å². The van der Waals surface area contributed by atoms with Gasteiger partial charge in [0.25, 0.3) is 0 Å². The van der Waals surface area contributed by atoms with Crippen LogP contribution in [0.2, 0.25) is 0 Å². The molecule has 1 unspecified atom stereocenters. The summed E-state index contributed by atoms with van der Waals surface area (Å²) in [5, 5.41) is 11.4. The first-order valence-electron chi connectivity index (χ1n) is 9.94. The molecular formula is C25H25NO3. The van der Waals surface area contributed by atoms with Crippen molar-refractivity contribution in [3.05, 3.63) is 107 Å². The summed E-state index contributed by atoms with van der Waals surface area (Å²) in [5.74, 6) is 0. The van der Waals surface area contributed by atoms with Crippen LogP contribution in [0.15, 0.2) is 84.9 Å². The molecule has 148 valence electrons. The van der Waals surface area contributed by atoms with Gasteiger partial charge in [-0.3, -0.25) is 0 Å². The minimum atomic E-state index is -1.06. The van der Waals surface area contributed by atoms with Crippen LogP contribution in [0.4, 0.5) is 4.79 Å². The van der Waals surface area contributed by atoms with Gasteiger partial charge in [-0.25, -0.2) is 4.79 Å². The monoisotopic (exact) mass is 387 g/mol. The van der Waals surface area contributed by atoms with Gasteiger partial charge in [0.15, 0.2) is 0 Å². The Morgan fingerprint density at radius 3 is 2.24 bits per heavy atom. The van der Waals surface area contributed by atoms with Gasteiger partial charge in [-0.2, -0.15) is 0 Å². The Hall–Kier alpha value is -3.11. The number of hydrogen-bond donors (Lipinski definition) is 1. The first-order chi connectivity index (χ1) is 14.1. The molecule has 0 fully saturated rings. The first-order valence-corrected chi connectivity index (χ1v) is 9.94. The zero-order valence-electron chi connectivity index (χ0n) is 16.3. The van der Waals surface area contributed by atoms with E-state index in [0.717, 1.165) is 28.7 Å². The van der Waals surface area contributed by atoms with Gasteiger partial charge in [0.2, 0.25) is 0 Å². The molecule has 1 aliphatic rings. The second-order valence-corrected chi connectivity index (χ2v) is 7.57. The number of aryl methyl sites for hydroxylation is 1. The van der Waals surface area contributed by atoms with Crippen LogP contribution in [-0.2, 0) is 29.9 Å². The van der Waals surface area contributed by atoms with Crippen molar-refractivity contribution >= 4 is 6.09 Å². The molecule has 0 saturated heterocycles. The molecule has 4 heteroatoms. The van der Waals surface area contributed by atoms with Crippen LogP contribution in [-0.4, -0.2) is 22.6 Å². The molecule has 1 aliphatic carbocycles. The van der Waals surface area contributed by atoms with E-state index >= 15 is 0 Å². The number of ether oxygens (including phenoxy) is 1. The van der Waals surface area contributed by atoms with E-state index in [2.05, 4.69) is 0 Å². The lowest BCUT2D eigenvalue weighted by molar-refractivity contribution is -0.00493. The third-order valence-corrected chi connectivity index (χ3v) is 5.46. The molecule has 3 aromatic carbocycles. The zero-order chi connectivity index (χ0) is 20.1. The van der Waals surface area contributed by atoms with E-state index in [1.54, 1.807) is 4.90 Å². The summed E-state index contributed by atoms with van der Waals surface area (Å²) in [7, 11) is 0. The Morgan fingerprint density at radius 1 is 0.897 bits per heavy atom. The molecular weight excluding hydrogens is 362 g/mol. The van der Waals surface area contributed by atoms with Gasteiger partial charge in [-0.1, -0.05) is 84.9 Å². The minimum Gasteiger partial charge on any atom is -0.445 e. The molecule has 0 heterocycles. The fourth-order valence-electron chi connectivity index (χ4n) is 3.95. The average molecular weight is 387 g/mol. The van der Waals surface area contributed by atoms with Crippen LogP contribution in [0.25, 0.3) is 0 Å². The maximum absolute atomic E-state index is 13.0. The molecule has 0 radical (unpaired) electrons. The van der Waals surface area contributed by atoms with Gasteiger partial charge in [0.1, 0.15) is 12.2 Å².